The molecule has 1 fully saturated rings. The molecule has 26 heavy (non-hydrogen) atoms. The number of amides is 2. The summed E-state index contributed by atoms with van der Waals surface area (Å²) < 4.78 is 18.8. The number of ether oxygens (including phenoxy) is 1. The van der Waals surface area contributed by atoms with E-state index in [9.17, 15) is 18.8 Å². The van der Waals surface area contributed by atoms with Crippen molar-refractivity contribution in [2.24, 2.45) is 5.92 Å². The van der Waals surface area contributed by atoms with Gasteiger partial charge in [0.25, 0.3) is 0 Å². The summed E-state index contributed by atoms with van der Waals surface area (Å²) in [4.78, 5) is 37.7. The lowest BCUT2D eigenvalue weighted by Crippen LogP contribution is -2.28. The average molecular weight is 376 g/mol. The minimum absolute atomic E-state index is 0.0158. The number of hydrogen-bond acceptors (Lipinski definition) is 5. The van der Waals surface area contributed by atoms with E-state index in [1.807, 2.05) is 0 Å². The predicted molar refractivity (Wildman–Crippen MR) is 95.9 cm³/mol. The summed E-state index contributed by atoms with van der Waals surface area (Å²) in [6, 6.07) is 6.16. The molecule has 1 aromatic heterocycles. The quantitative estimate of drug-likeness (QED) is 0.833. The molecular weight excluding hydrogens is 359 g/mol. The van der Waals surface area contributed by atoms with Crippen molar-refractivity contribution in [1.29, 1.82) is 0 Å². The van der Waals surface area contributed by atoms with Crippen LogP contribution in [0.4, 0.5) is 15.1 Å². The van der Waals surface area contributed by atoms with Gasteiger partial charge in [-0.2, -0.15) is 0 Å². The Bertz CT molecular complexity index is 880. The predicted octanol–water partition coefficient (Wildman–Crippen LogP) is 2.97. The van der Waals surface area contributed by atoms with Crippen LogP contribution in [0, 0.1) is 18.7 Å². The maximum absolute atomic E-state index is 14.1. The van der Waals surface area contributed by atoms with Crippen LogP contribution < -0.4 is 10.2 Å². The van der Waals surface area contributed by atoms with E-state index in [0.717, 1.165) is 5.56 Å². The molecular formula is C18H17FN2O4S. The Morgan fingerprint density at radius 1 is 1.35 bits per heavy atom. The van der Waals surface area contributed by atoms with E-state index in [2.05, 4.69) is 10.1 Å². The van der Waals surface area contributed by atoms with Crippen molar-refractivity contribution >= 4 is 39.8 Å². The Balaban J connectivity index is 1.73. The zero-order valence-electron chi connectivity index (χ0n) is 14.2. The fourth-order valence-electron chi connectivity index (χ4n) is 2.84. The molecule has 3 rings (SSSR count). The van der Waals surface area contributed by atoms with E-state index in [0.29, 0.717) is 5.00 Å². The molecule has 0 spiro atoms. The number of nitrogens with one attached hydrogen (secondary N) is 1. The minimum atomic E-state index is -0.629. The van der Waals surface area contributed by atoms with Crippen LogP contribution in [0.1, 0.15) is 22.3 Å². The third-order valence-electron chi connectivity index (χ3n) is 4.20. The molecule has 0 aliphatic carbocycles. The Kier molecular flexibility index (Phi) is 5.03. The van der Waals surface area contributed by atoms with Gasteiger partial charge in [0.15, 0.2) is 0 Å². The first-order valence-corrected chi connectivity index (χ1v) is 8.82. The zero-order valence-corrected chi connectivity index (χ0v) is 15.1. The topological polar surface area (TPSA) is 75.7 Å². The fourth-order valence-corrected chi connectivity index (χ4v) is 3.62. The van der Waals surface area contributed by atoms with Gasteiger partial charge in [0.1, 0.15) is 10.8 Å². The first kappa shape index (κ1) is 18.1. The molecule has 136 valence electrons. The second kappa shape index (κ2) is 7.25. The van der Waals surface area contributed by atoms with Crippen molar-refractivity contribution < 1.29 is 23.5 Å². The number of methoxy groups -OCH3 is 1. The summed E-state index contributed by atoms with van der Waals surface area (Å²) in [5, 5.41) is 4.70. The molecule has 1 unspecified atom stereocenters. The molecule has 0 radical (unpaired) electrons. The van der Waals surface area contributed by atoms with Crippen molar-refractivity contribution in [2.75, 3.05) is 23.9 Å². The number of rotatable bonds is 4. The monoisotopic (exact) mass is 376 g/mol. The second-order valence-corrected chi connectivity index (χ2v) is 6.92. The number of carbonyl (C=O) groups is 3. The van der Waals surface area contributed by atoms with Gasteiger partial charge in [0, 0.05) is 13.0 Å². The van der Waals surface area contributed by atoms with Crippen LogP contribution in [-0.4, -0.2) is 31.4 Å². The van der Waals surface area contributed by atoms with E-state index in [-0.39, 0.29) is 36.0 Å². The van der Waals surface area contributed by atoms with Gasteiger partial charge in [-0.05, 0) is 36.1 Å². The fraction of sp³-hybridized carbons (Fsp3) is 0.278. The number of carbonyl (C=O) groups excluding carboxylic acids is 3. The summed E-state index contributed by atoms with van der Waals surface area (Å²) in [5.74, 6) is -2.37. The number of aryl methyl sites for hydroxylation is 1. The number of thiophene rings is 1. The van der Waals surface area contributed by atoms with Gasteiger partial charge >= 0.3 is 5.97 Å². The largest absolute Gasteiger partial charge is 0.465 e. The summed E-state index contributed by atoms with van der Waals surface area (Å²) >= 11 is 1.19. The maximum Gasteiger partial charge on any atom is 0.340 e. The standard InChI is InChI=1S/C18H17FN2O4S/c1-10-3-4-14(13(19)7-10)21-9-11(8-15(21)22)16(23)20-17-12(5-6-26-17)18(24)25-2/h3-7,11H,8-9H2,1-2H3,(H,20,23). The van der Waals surface area contributed by atoms with Crippen LogP contribution in [0.3, 0.4) is 0 Å². The molecule has 1 saturated heterocycles. The molecule has 2 amide bonds. The number of anilines is 2. The van der Waals surface area contributed by atoms with Gasteiger partial charge in [-0.15, -0.1) is 11.3 Å². The molecule has 1 aliphatic heterocycles. The SMILES string of the molecule is COC(=O)c1ccsc1NC(=O)C1CC(=O)N(c2ccc(C)cc2F)C1. The summed E-state index contributed by atoms with van der Waals surface area (Å²) in [6.07, 6.45) is -0.0158. The average Bonchev–Trinajstić information content (AvgIpc) is 3.21. The summed E-state index contributed by atoms with van der Waals surface area (Å²) in [6.45, 7) is 1.85. The molecule has 0 saturated carbocycles. The molecule has 1 aliphatic rings. The molecule has 0 bridgehead atoms. The van der Waals surface area contributed by atoms with Gasteiger partial charge in [-0.3, -0.25) is 9.59 Å². The Morgan fingerprint density at radius 3 is 2.81 bits per heavy atom. The van der Waals surface area contributed by atoms with E-state index in [4.69, 9.17) is 0 Å². The van der Waals surface area contributed by atoms with Gasteiger partial charge in [0.05, 0.1) is 24.3 Å². The number of benzene rings is 1. The highest BCUT2D eigenvalue weighted by Crippen LogP contribution is 2.30. The van der Waals surface area contributed by atoms with Crippen LogP contribution in [0.15, 0.2) is 29.6 Å². The van der Waals surface area contributed by atoms with Gasteiger partial charge in [0.2, 0.25) is 11.8 Å². The minimum Gasteiger partial charge on any atom is -0.465 e. The number of nitrogens with zero attached hydrogens (tertiary/aromatic N) is 1. The van der Waals surface area contributed by atoms with E-state index >= 15 is 0 Å². The van der Waals surface area contributed by atoms with Crippen molar-refractivity contribution in [1.82, 2.24) is 0 Å². The molecule has 1 atom stereocenters. The second-order valence-electron chi connectivity index (χ2n) is 6.00. The number of hydrogen-bond donors (Lipinski definition) is 1. The summed E-state index contributed by atoms with van der Waals surface area (Å²) in [5.41, 5.74) is 1.18. The smallest absolute Gasteiger partial charge is 0.340 e. The lowest BCUT2D eigenvalue weighted by molar-refractivity contribution is -0.122. The van der Waals surface area contributed by atoms with Crippen LogP contribution >= 0.6 is 11.3 Å². The zero-order chi connectivity index (χ0) is 18.8. The normalized spacial score (nSPS) is 16.7. The van der Waals surface area contributed by atoms with Crippen molar-refractivity contribution in [3.05, 3.63) is 46.6 Å². The number of esters is 1. The lowest BCUT2D eigenvalue weighted by Gasteiger charge is -2.17. The molecule has 1 N–H and O–H groups in total. The lowest BCUT2D eigenvalue weighted by atomic mass is 10.1. The highest BCUT2D eigenvalue weighted by molar-refractivity contribution is 7.14. The Labute approximate surface area is 153 Å². The van der Waals surface area contributed by atoms with E-state index in [1.165, 1.54) is 35.5 Å². The van der Waals surface area contributed by atoms with Gasteiger partial charge in [-0.1, -0.05) is 6.07 Å². The van der Waals surface area contributed by atoms with Gasteiger partial charge in [-0.25, -0.2) is 9.18 Å². The third kappa shape index (κ3) is 3.45. The molecule has 2 aromatic rings. The molecule has 1 aromatic carbocycles. The van der Waals surface area contributed by atoms with E-state index < -0.39 is 17.7 Å². The van der Waals surface area contributed by atoms with Crippen molar-refractivity contribution in [2.45, 2.75) is 13.3 Å². The van der Waals surface area contributed by atoms with Crippen molar-refractivity contribution in [3.63, 3.8) is 0 Å². The van der Waals surface area contributed by atoms with Crippen LogP contribution in [0.2, 0.25) is 0 Å². The molecule has 8 heteroatoms. The van der Waals surface area contributed by atoms with Crippen LogP contribution in [0.25, 0.3) is 0 Å². The highest BCUT2D eigenvalue weighted by atomic mass is 32.1. The van der Waals surface area contributed by atoms with Gasteiger partial charge < -0.3 is 15.0 Å². The Hall–Kier alpha value is -2.74. The summed E-state index contributed by atoms with van der Waals surface area (Å²) in [7, 11) is 1.26. The van der Waals surface area contributed by atoms with Crippen LogP contribution in [-0.2, 0) is 14.3 Å². The van der Waals surface area contributed by atoms with Crippen LogP contribution in [0.5, 0.6) is 0 Å². The maximum atomic E-state index is 14.1. The third-order valence-corrected chi connectivity index (χ3v) is 5.03. The first-order valence-electron chi connectivity index (χ1n) is 7.94. The Morgan fingerprint density at radius 2 is 2.12 bits per heavy atom. The van der Waals surface area contributed by atoms with E-state index in [1.54, 1.807) is 24.4 Å². The molecule has 2 heterocycles. The number of halogens is 1. The molecule has 6 nitrogen and oxygen atoms in total. The first-order chi connectivity index (χ1) is 12.4. The highest BCUT2D eigenvalue weighted by Gasteiger charge is 2.36. The van der Waals surface area contributed by atoms with Crippen molar-refractivity contribution in [3.8, 4) is 0 Å².